The van der Waals surface area contributed by atoms with E-state index in [4.69, 9.17) is 5.73 Å². The van der Waals surface area contributed by atoms with Crippen LogP contribution in [0.2, 0.25) is 0 Å². The summed E-state index contributed by atoms with van der Waals surface area (Å²) in [6.45, 7) is 4.39. The summed E-state index contributed by atoms with van der Waals surface area (Å²) >= 11 is 0. The molecular weight excluding hydrogens is 246 g/mol. The molecule has 0 unspecified atom stereocenters. The molecule has 0 aliphatic rings. The Balaban J connectivity index is 3.16. The minimum Gasteiger partial charge on any atom is -0.392 e. The number of rotatable bonds is 15. The van der Waals surface area contributed by atoms with Gasteiger partial charge < -0.3 is 10.8 Å². The average molecular weight is 286 g/mol. The molecular formula is C18H39NO. The maximum Gasteiger partial charge on any atom is 0.0691 e. The van der Waals surface area contributed by atoms with E-state index in [2.05, 4.69) is 13.8 Å². The molecule has 0 spiro atoms. The Labute approximate surface area is 127 Å². The normalized spacial score (nSPS) is 14.4. The number of aliphatic hydroxyl groups is 1. The van der Waals surface area contributed by atoms with Crippen LogP contribution in [0.3, 0.4) is 0 Å². The van der Waals surface area contributed by atoms with Gasteiger partial charge in [0.2, 0.25) is 0 Å². The Morgan fingerprint density at radius 2 is 1.10 bits per heavy atom. The van der Waals surface area contributed by atoms with E-state index in [-0.39, 0.29) is 12.1 Å². The molecule has 122 valence electrons. The van der Waals surface area contributed by atoms with Crippen LogP contribution < -0.4 is 5.73 Å². The highest BCUT2D eigenvalue weighted by atomic mass is 16.3. The largest absolute Gasteiger partial charge is 0.392 e. The summed E-state index contributed by atoms with van der Waals surface area (Å²) in [5, 5.41) is 9.87. The standard InChI is InChI=1S/C18H39NO/c1-3-5-6-7-8-9-10-11-12-13-14-16-18(20)17(19)15-4-2/h17-18,20H,3-16,19H2,1-2H3/t17-,18+/m0/s1. The lowest BCUT2D eigenvalue weighted by atomic mass is 10.00. The first kappa shape index (κ1) is 19.9. The smallest absolute Gasteiger partial charge is 0.0691 e. The first-order chi connectivity index (χ1) is 9.72. The fourth-order valence-corrected chi connectivity index (χ4v) is 2.76. The van der Waals surface area contributed by atoms with Crippen molar-refractivity contribution in [1.82, 2.24) is 0 Å². The molecule has 0 aromatic carbocycles. The topological polar surface area (TPSA) is 46.2 Å². The molecule has 2 heteroatoms. The van der Waals surface area contributed by atoms with Gasteiger partial charge >= 0.3 is 0 Å². The molecule has 2 atom stereocenters. The molecule has 3 N–H and O–H groups in total. The van der Waals surface area contributed by atoms with Crippen LogP contribution in [0.15, 0.2) is 0 Å². The molecule has 0 aliphatic heterocycles. The van der Waals surface area contributed by atoms with Crippen LogP contribution in [0.1, 0.15) is 104 Å². The van der Waals surface area contributed by atoms with E-state index < -0.39 is 0 Å². The zero-order valence-electron chi connectivity index (χ0n) is 14.1. The molecule has 0 rings (SSSR count). The van der Waals surface area contributed by atoms with Crippen molar-refractivity contribution >= 4 is 0 Å². The van der Waals surface area contributed by atoms with Gasteiger partial charge in [0.1, 0.15) is 0 Å². The predicted molar refractivity (Wildman–Crippen MR) is 90.0 cm³/mol. The van der Waals surface area contributed by atoms with E-state index in [0.29, 0.717) is 0 Å². The Hall–Kier alpha value is -0.0800. The molecule has 0 saturated carbocycles. The summed E-state index contributed by atoms with van der Waals surface area (Å²) < 4.78 is 0. The quantitative estimate of drug-likeness (QED) is 0.407. The maximum absolute atomic E-state index is 9.87. The van der Waals surface area contributed by atoms with E-state index in [1.165, 1.54) is 64.2 Å². The second-order valence-corrected chi connectivity index (χ2v) is 6.34. The van der Waals surface area contributed by atoms with Gasteiger partial charge in [0.05, 0.1) is 6.10 Å². The van der Waals surface area contributed by atoms with Gasteiger partial charge in [0.15, 0.2) is 0 Å². The van der Waals surface area contributed by atoms with Crippen LogP contribution >= 0.6 is 0 Å². The average Bonchev–Trinajstić information content (AvgIpc) is 2.44. The summed E-state index contributed by atoms with van der Waals surface area (Å²) in [7, 11) is 0. The van der Waals surface area contributed by atoms with Crippen molar-refractivity contribution in [2.75, 3.05) is 0 Å². The third-order valence-electron chi connectivity index (χ3n) is 4.22. The molecule has 0 fully saturated rings. The zero-order valence-corrected chi connectivity index (χ0v) is 14.1. The molecule has 0 aliphatic carbocycles. The van der Waals surface area contributed by atoms with E-state index >= 15 is 0 Å². The van der Waals surface area contributed by atoms with Gasteiger partial charge in [-0.05, 0) is 12.8 Å². The van der Waals surface area contributed by atoms with Gasteiger partial charge in [-0.25, -0.2) is 0 Å². The fraction of sp³-hybridized carbons (Fsp3) is 1.00. The minimum atomic E-state index is -0.284. The van der Waals surface area contributed by atoms with Crippen molar-refractivity contribution in [3.05, 3.63) is 0 Å². The molecule has 0 amide bonds. The molecule has 0 bridgehead atoms. The molecule has 0 saturated heterocycles. The third-order valence-corrected chi connectivity index (χ3v) is 4.22. The van der Waals surface area contributed by atoms with Crippen LogP contribution in [0.25, 0.3) is 0 Å². The summed E-state index contributed by atoms with van der Waals surface area (Å²) in [4.78, 5) is 0. The van der Waals surface area contributed by atoms with Crippen molar-refractivity contribution in [3.63, 3.8) is 0 Å². The summed E-state index contributed by atoms with van der Waals surface area (Å²) in [5.41, 5.74) is 5.91. The summed E-state index contributed by atoms with van der Waals surface area (Å²) in [6.07, 6.45) is 17.5. The van der Waals surface area contributed by atoms with Crippen molar-refractivity contribution in [2.45, 2.75) is 116 Å². The number of nitrogens with two attached hydrogens (primary N) is 1. The minimum absolute atomic E-state index is 0.0110. The van der Waals surface area contributed by atoms with E-state index in [1.807, 2.05) is 0 Å². The first-order valence-corrected chi connectivity index (χ1v) is 9.16. The van der Waals surface area contributed by atoms with Crippen LogP contribution in [0, 0.1) is 0 Å². The van der Waals surface area contributed by atoms with Crippen LogP contribution in [-0.2, 0) is 0 Å². The lowest BCUT2D eigenvalue weighted by molar-refractivity contribution is 0.127. The zero-order chi connectivity index (χ0) is 15.1. The lowest BCUT2D eigenvalue weighted by Gasteiger charge is -2.17. The second-order valence-electron chi connectivity index (χ2n) is 6.34. The van der Waals surface area contributed by atoms with E-state index in [1.54, 1.807) is 0 Å². The predicted octanol–water partition coefficient (Wildman–Crippen LogP) is 5.18. The SMILES string of the molecule is CCCCCCCCCCCCC[C@@H](O)[C@@H](N)CCC. The number of unbranched alkanes of at least 4 members (excludes halogenated alkanes) is 10. The molecule has 0 aromatic rings. The third kappa shape index (κ3) is 12.9. The van der Waals surface area contributed by atoms with Gasteiger partial charge in [-0.15, -0.1) is 0 Å². The Morgan fingerprint density at radius 1 is 0.650 bits per heavy atom. The van der Waals surface area contributed by atoms with Gasteiger partial charge in [-0.1, -0.05) is 90.9 Å². The fourth-order valence-electron chi connectivity index (χ4n) is 2.76. The Kier molecular flexibility index (Phi) is 15.3. The van der Waals surface area contributed by atoms with Gasteiger partial charge in [-0.2, -0.15) is 0 Å². The van der Waals surface area contributed by atoms with Crippen LogP contribution in [-0.4, -0.2) is 17.3 Å². The highest BCUT2D eigenvalue weighted by molar-refractivity contribution is 4.70. The molecule has 2 nitrogen and oxygen atoms in total. The molecule has 0 aromatic heterocycles. The van der Waals surface area contributed by atoms with Gasteiger partial charge in [0.25, 0.3) is 0 Å². The molecule has 20 heavy (non-hydrogen) atoms. The summed E-state index contributed by atoms with van der Waals surface area (Å²) in [5.74, 6) is 0. The Bertz CT molecular complexity index is 184. The van der Waals surface area contributed by atoms with E-state index in [9.17, 15) is 5.11 Å². The van der Waals surface area contributed by atoms with Crippen LogP contribution in [0.4, 0.5) is 0 Å². The molecule has 0 radical (unpaired) electrons. The van der Waals surface area contributed by atoms with Crippen molar-refractivity contribution < 1.29 is 5.11 Å². The van der Waals surface area contributed by atoms with Gasteiger partial charge in [-0.3, -0.25) is 0 Å². The van der Waals surface area contributed by atoms with Crippen molar-refractivity contribution in [3.8, 4) is 0 Å². The highest BCUT2D eigenvalue weighted by Gasteiger charge is 2.12. The van der Waals surface area contributed by atoms with Gasteiger partial charge in [0, 0.05) is 6.04 Å². The van der Waals surface area contributed by atoms with Crippen molar-refractivity contribution in [1.29, 1.82) is 0 Å². The number of hydrogen-bond acceptors (Lipinski definition) is 2. The summed E-state index contributed by atoms with van der Waals surface area (Å²) in [6, 6.07) is -0.0110. The Morgan fingerprint density at radius 3 is 1.55 bits per heavy atom. The van der Waals surface area contributed by atoms with E-state index in [0.717, 1.165) is 25.7 Å². The second kappa shape index (κ2) is 15.3. The lowest BCUT2D eigenvalue weighted by Crippen LogP contribution is -2.34. The van der Waals surface area contributed by atoms with Crippen LogP contribution in [0.5, 0.6) is 0 Å². The number of aliphatic hydroxyl groups excluding tert-OH is 1. The first-order valence-electron chi connectivity index (χ1n) is 9.16. The number of hydrogen-bond donors (Lipinski definition) is 2. The highest BCUT2D eigenvalue weighted by Crippen LogP contribution is 2.13. The molecule has 0 heterocycles. The monoisotopic (exact) mass is 285 g/mol. The maximum atomic E-state index is 9.87. The van der Waals surface area contributed by atoms with Crippen molar-refractivity contribution in [2.24, 2.45) is 5.73 Å².